The number of hydrogen-bond donors (Lipinski definition) is 0. The lowest BCUT2D eigenvalue weighted by molar-refractivity contribution is -0.111. The number of rotatable bonds is 5. The first kappa shape index (κ1) is 14.4. The van der Waals surface area contributed by atoms with E-state index >= 15 is 0 Å². The van der Waals surface area contributed by atoms with E-state index in [0.29, 0.717) is 6.54 Å². The fourth-order valence-electron chi connectivity index (χ4n) is 1.82. The maximum Gasteiger partial charge on any atom is 0.234 e. The molecule has 0 radical (unpaired) electrons. The molecule has 0 spiro atoms. The van der Waals surface area contributed by atoms with E-state index in [9.17, 15) is 4.79 Å². The standard InChI is InChI=1S/C14H17ClN2OS/c1-2-3-9-17-12(15)13(18)19-14(17)16-10-11-7-5-4-6-8-11/h4-8,12H,2-3,9-10H2,1H3. The molecule has 1 saturated heterocycles. The van der Waals surface area contributed by atoms with Crippen molar-refractivity contribution in [2.75, 3.05) is 6.54 Å². The predicted molar refractivity (Wildman–Crippen MR) is 81.4 cm³/mol. The van der Waals surface area contributed by atoms with Crippen molar-refractivity contribution in [3.63, 3.8) is 0 Å². The van der Waals surface area contributed by atoms with Crippen LogP contribution < -0.4 is 0 Å². The Bertz CT molecular complexity index is 464. The smallest absolute Gasteiger partial charge is 0.234 e. The number of alkyl halides is 1. The lowest BCUT2D eigenvalue weighted by Crippen LogP contribution is -2.32. The maximum absolute atomic E-state index is 11.7. The monoisotopic (exact) mass is 296 g/mol. The van der Waals surface area contributed by atoms with Gasteiger partial charge >= 0.3 is 0 Å². The number of unbranched alkanes of at least 4 members (excludes halogenated alkanes) is 1. The molecule has 0 aliphatic carbocycles. The second kappa shape index (κ2) is 6.96. The van der Waals surface area contributed by atoms with E-state index in [-0.39, 0.29) is 5.12 Å². The summed E-state index contributed by atoms with van der Waals surface area (Å²) in [6.07, 6.45) is 2.09. The largest absolute Gasteiger partial charge is 0.327 e. The van der Waals surface area contributed by atoms with E-state index in [4.69, 9.17) is 11.6 Å². The minimum Gasteiger partial charge on any atom is -0.327 e. The Hall–Kier alpha value is -1.00. The molecule has 1 aliphatic rings. The minimum atomic E-state index is -0.564. The molecule has 2 rings (SSSR count). The van der Waals surface area contributed by atoms with E-state index in [1.165, 1.54) is 0 Å². The Morgan fingerprint density at radius 2 is 2.11 bits per heavy atom. The van der Waals surface area contributed by atoms with Crippen molar-refractivity contribution in [1.82, 2.24) is 4.90 Å². The summed E-state index contributed by atoms with van der Waals surface area (Å²) in [5.74, 6) is 0. The van der Waals surface area contributed by atoms with Gasteiger partial charge in [0.05, 0.1) is 6.54 Å². The molecule has 1 aliphatic heterocycles. The molecule has 0 aromatic heterocycles. The van der Waals surface area contributed by atoms with E-state index in [1.54, 1.807) is 0 Å². The normalized spacial score (nSPS) is 21.4. The summed E-state index contributed by atoms with van der Waals surface area (Å²) in [4.78, 5) is 18.1. The lowest BCUT2D eigenvalue weighted by Gasteiger charge is -2.19. The fourth-order valence-corrected chi connectivity index (χ4v) is 3.05. The molecule has 0 saturated carbocycles. The molecule has 1 aromatic rings. The minimum absolute atomic E-state index is 0.0235. The first-order valence-corrected chi connectivity index (χ1v) is 7.68. The van der Waals surface area contributed by atoms with E-state index in [1.807, 2.05) is 35.2 Å². The van der Waals surface area contributed by atoms with Crippen LogP contribution in [-0.4, -0.2) is 27.2 Å². The second-order valence-electron chi connectivity index (χ2n) is 4.39. The van der Waals surface area contributed by atoms with Crippen molar-refractivity contribution >= 4 is 33.6 Å². The molecule has 1 atom stereocenters. The summed E-state index contributed by atoms with van der Waals surface area (Å²) in [6, 6.07) is 10.0. The third-order valence-electron chi connectivity index (χ3n) is 2.90. The number of benzene rings is 1. The number of carbonyl (C=O) groups is 1. The zero-order chi connectivity index (χ0) is 13.7. The van der Waals surface area contributed by atoms with Crippen LogP contribution in [0.5, 0.6) is 0 Å². The molecule has 0 N–H and O–H groups in total. The van der Waals surface area contributed by atoms with Gasteiger partial charge in [0.15, 0.2) is 10.7 Å². The first-order chi connectivity index (χ1) is 9.22. The average Bonchev–Trinajstić information content (AvgIpc) is 2.71. The van der Waals surface area contributed by atoms with Crippen LogP contribution in [0.3, 0.4) is 0 Å². The topological polar surface area (TPSA) is 32.7 Å². The highest BCUT2D eigenvalue weighted by Crippen LogP contribution is 2.29. The van der Waals surface area contributed by atoms with Crippen molar-refractivity contribution in [3.05, 3.63) is 35.9 Å². The van der Waals surface area contributed by atoms with Crippen LogP contribution in [0.15, 0.2) is 35.3 Å². The van der Waals surface area contributed by atoms with Crippen LogP contribution in [0.25, 0.3) is 0 Å². The number of nitrogens with zero attached hydrogens (tertiary/aromatic N) is 2. The summed E-state index contributed by atoms with van der Waals surface area (Å²) < 4.78 is 0. The Morgan fingerprint density at radius 3 is 2.79 bits per heavy atom. The van der Waals surface area contributed by atoms with Gasteiger partial charge in [0, 0.05) is 6.54 Å². The number of halogens is 1. The van der Waals surface area contributed by atoms with Gasteiger partial charge in [0.25, 0.3) is 0 Å². The number of carbonyl (C=O) groups excluding carboxylic acids is 1. The number of amidine groups is 1. The number of aliphatic imine (C=N–C) groups is 1. The van der Waals surface area contributed by atoms with Crippen molar-refractivity contribution in [2.24, 2.45) is 4.99 Å². The number of hydrogen-bond acceptors (Lipinski definition) is 3. The highest BCUT2D eigenvalue weighted by molar-refractivity contribution is 8.27. The van der Waals surface area contributed by atoms with E-state index in [2.05, 4.69) is 11.9 Å². The molecular weight excluding hydrogens is 280 g/mol. The molecule has 0 amide bonds. The zero-order valence-electron chi connectivity index (χ0n) is 10.9. The van der Waals surface area contributed by atoms with Crippen LogP contribution in [0, 0.1) is 0 Å². The van der Waals surface area contributed by atoms with Crippen LogP contribution in [0.1, 0.15) is 25.3 Å². The quantitative estimate of drug-likeness (QED) is 0.616. The Kier molecular flexibility index (Phi) is 5.28. The van der Waals surface area contributed by atoms with E-state index in [0.717, 1.165) is 41.9 Å². The summed E-state index contributed by atoms with van der Waals surface area (Å²) >= 11 is 7.27. The van der Waals surface area contributed by atoms with Crippen molar-refractivity contribution < 1.29 is 4.79 Å². The van der Waals surface area contributed by atoms with Gasteiger partial charge in [-0.3, -0.25) is 9.79 Å². The van der Waals surface area contributed by atoms with Gasteiger partial charge in [-0.15, -0.1) is 0 Å². The van der Waals surface area contributed by atoms with Gasteiger partial charge in [-0.2, -0.15) is 0 Å². The highest BCUT2D eigenvalue weighted by Gasteiger charge is 2.35. The van der Waals surface area contributed by atoms with Crippen molar-refractivity contribution in [1.29, 1.82) is 0 Å². The third kappa shape index (κ3) is 3.74. The molecule has 1 fully saturated rings. The van der Waals surface area contributed by atoms with Crippen LogP contribution in [-0.2, 0) is 11.3 Å². The van der Waals surface area contributed by atoms with Gasteiger partial charge in [-0.05, 0) is 23.7 Å². The Morgan fingerprint density at radius 1 is 1.37 bits per heavy atom. The third-order valence-corrected chi connectivity index (χ3v) is 4.43. The molecule has 1 unspecified atom stereocenters. The Labute approximate surface area is 123 Å². The molecule has 0 bridgehead atoms. The number of thioether (sulfide) groups is 1. The second-order valence-corrected chi connectivity index (χ2v) is 5.77. The summed E-state index contributed by atoms with van der Waals surface area (Å²) in [7, 11) is 0. The summed E-state index contributed by atoms with van der Waals surface area (Å²) in [5, 5.41) is 0.729. The van der Waals surface area contributed by atoms with Gasteiger partial charge < -0.3 is 4.90 Å². The molecule has 1 heterocycles. The van der Waals surface area contributed by atoms with Crippen LogP contribution in [0.4, 0.5) is 0 Å². The molecule has 3 nitrogen and oxygen atoms in total. The molecule has 5 heteroatoms. The van der Waals surface area contributed by atoms with E-state index < -0.39 is 5.50 Å². The van der Waals surface area contributed by atoms with Crippen LogP contribution in [0.2, 0.25) is 0 Å². The first-order valence-electron chi connectivity index (χ1n) is 6.43. The molecule has 1 aromatic carbocycles. The summed E-state index contributed by atoms with van der Waals surface area (Å²) in [6.45, 7) is 3.49. The Balaban J connectivity index is 2.06. The van der Waals surface area contributed by atoms with Crippen LogP contribution >= 0.6 is 23.4 Å². The van der Waals surface area contributed by atoms with Crippen molar-refractivity contribution in [2.45, 2.75) is 31.8 Å². The van der Waals surface area contributed by atoms with Gasteiger partial charge in [0.1, 0.15) is 0 Å². The zero-order valence-corrected chi connectivity index (χ0v) is 12.5. The lowest BCUT2D eigenvalue weighted by atomic mass is 10.2. The maximum atomic E-state index is 11.7. The van der Waals surface area contributed by atoms with Crippen molar-refractivity contribution in [3.8, 4) is 0 Å². The summed E-state index contributed by atoms with van der Waals surface area (Å²) in [5.41, 5.74) is 0.572. The average molecular weight is 297 g/mol. The van der Waals surface area contributed by atoms with Gasteiger partial charge in [0.2, 0.25) is 5.12 Å². The highest BCUT2D eigenvalue weighted by atomic mass is 35.5. The molecular formula is C14H17ClN2OS. The SMILES string of the molecule is CCCCN1C(=NCc2ccccc2)SC(=O)C1Cl. The predicted octanol–water partition coefficient (Wildman–Crippen LogP) is 3.48. The molecule has 102 valence electrons. The van der Waals surface area contributed by atoms with Gasteiger partial charge in [-0.1, -0.05) is 55.3 Å². The molecule has 19 heavy (non-hydrogen) atoms. The fraction of sp³-hybridized carbons (Fsp3) is 0.429. The van der Waals surface area contributed by atoms with Gasteiger partial charge in [-0.25, -0.2) is 0 Å².